The van der Waals surface area contributed by atoms with Crippen LogP contribution in [0.1, 0.15) is 26.8 Å². The van der Waals surface area contributed by atoms with Crippen LogP contribution in [0.2, 0.25) is 0 Å². The van der Waals surface area contributed by atoms with Gasteiger partial charge in [-0.25, -0.2) is 0 Å². The predicted octanol–water partition coefficient (Wildman–Crippen LogP) is 2.75. The number of nitrogens with two attached hydrogens (primary N) is 2. The average molecular weight is 339 g/mol. The van der Waals surface area contributed by atoms with Crippen LogP contribution in [0.15, 0.2) is 47.8 Å². The molecule has 2 aromatic carbocycles. The Bertz CT molecular complexity index is 933. The minimum Gasteiger partial charge on any atom is -0.397 e. The summed E-state index contributed by atoms with van der Waals surface area (Å²) in [6, 6.07) is 12.4. The molecule has 2 amide bonds. The highest BCUT2D eigenvalue weighted by molar-refractivity contribution is 7.10. The van der Waals surface area contributed by atoms with Crippen LogP contribution in [0.25, 0.3) is 10.8 Å². The Morgan fingerprint density at radius 1 is 1.12 bits per heavy atom. The van der Waals surface area contributed by atoms with Crippen molar-refractivity contribution in [3.8, 4) is 0 Å². The fourth-order valence-corrected chi connectivity index (χ4v) is 3.32. The Labute approximate surface area is 143 Å². The van der Waals surface area contributed by atoms with E-state index in [2.05, 4.69) is 5.32 Å². The molecule has 0 saturated carbocycles. The molecule has 24 heavy (non-hydrogen) atoms. The zero-order valence-corrected chi connectivity index (χ0v) is 13.9. The molecule has 0 saturated heterocycles. The van der Waals surface area contributed by atoms with E-state index in [9.17, 15) is 9.59 Å². The lowest BCUT2D eigenvalue weighted by molar-refractivity contribution is -0.120. The zero-order chi connectivity index (χ0) is 17.3. The second-order valence-electron chi connectivity index (χ2n) is 5.53. The first-order valence-corrected chi connectivity index (χ1v) is 8.28. The van der Waals surface area contributed by atoms with E-state index in [0.29, 0.717) is 16.8 Å². The van der Waals surface area contributed by atoms with Gasteiger partial charge in [0, 0.05) is 10.3 Å². The summed E-state index contributed by atoms with van der Waals surface area (Å²) in [6.45, 7) is 1.84. The van der Waals surface area contributed by atoms with Crippen molar-refractivity contribution in [2.45, 2.75) is 13.0 Å². The number of thiophene rings is 1. The standard InChI is InChI=1S/C18H17N3O2S/c1-10-15(19)14(9-24-10)18(23)21-16(17(20)22)13-7-6-11-4-2-3-5-12(11)8-13/h2-9,16H,19H2,1H3,(H2,20,22)(H,21,23). The number of amides is 2. The van der Waals surface area contributed by atoms with E-state index in [0.717, 1.165) is 15.6 Å². The van der Waals surface area contributed by atoms with Crippen molar-refractivity contribution in [2.75, 3.05) is 5.73 Å². The van der Waals surface area contributed by atoms with Crippen LogP contribution in [0.3, 0.4) is 0 Å². The molecule has 0 radical (unpaired) electrons. The van der Waals surface area contributed by atoms with Crippen molar-refractivity contribution in [1.82, 2.24) is 5.32 Å². The molecule has 122 valence electrons. The van der Waals surface area contributed by atoms with Gasteiger partial charge in [0.05, 0.1) is 11.3 Å². The molecular weight excluding hydrogens is 322 g/mol. The Morgan fingerprint density at radius 3 is 2.46 bits per heavy atom. The van der Waals surface area contributed by atoms with Crippen LogP contribution in [0.4, 0.5) is 5.69 Å². The monoisotopic (exact) mass is 339 g/mol. The maximum Gasteiger partial charge on any atom is 0.255 e. The van der Waals surface area contributed by atoms with Gasteiger partial charge in [0.25, 0.3) is 5.91 Å². The third kappa shape index (κ3) is 2.96. The van der Waals surface area contributed by atoms with Crippen molar-refractivity contribution in [2.24, 2.45) is 5.73 Å². The second-order valence-corrected chi connectivity index (χ2v) is 6.62. The maximum atomic E-state index is 12.4. The topological polar surface area (TPSA) is 98.2 Å². The van der Waals surface area contributed by atoms with Gasteiger partial charge in [-0.2, -0.15) is 0 Å². The number of carbonyl (C=O) groups excluding carboxylic acids is 2. The van der Waals surface area contributed by atoms with Gasteiger partial charge in [0.1, 0.15) is 6.04 Å². The van der Waals surface area contributed by atoms with Crippen LogP contribution in [-0.4, -0.2) is 11.8 Å². The minimum atomic E-state index is -0.915. The number of nitrogen functional groups attached to an aromatic ring is 1. The summed E-state index contributed by atoms with van der Waals surface area (Å²) in [5.74, 6) is -1.03. The molecule has 1 aromatic heterocycles. The largest absolute Gasteiger partial charge is 0.397 e. The Balaban J connectivity index is 1.93. The van der Waals surface area contributed by atoms with E-state index in [1.807, 2.05) is 43.3 Å². The van der Waals surface area contributed by atoms with Crippen molar-refractivity contribution in [3.63, 3.8) is 0 Å². The van der Waals surface area contributed by atoms with E-state index in [4.69, 9.17) is 11.5 Å². The molecule has 3 rings (SSSR count). The first-order valence-electron chi connectivity index (χ1n) is 7.40. The fourth-order valence-electron chi connectivity index (χ4n) is 2.55. The van der Waals surface area contributed by atoms with Gasteiger partial charge >= 0.3 is 0 Å². The van der Waals surface area contributed by atoms with Crippen LogP contribution in [-0.2, 0) is 4.79 Å². The van der Waals surface area contributed by atoms with Crippen LogP contribution >= 0.6 is 11.3 Å². The molecule has 6 heteroatoms. The SMILES string of the molecule is Cc1scc(C(=O)NC(C(N)=O)c2ccc3ccccc3c2)c1N. The van der Waals surface area contributed by atoms with Gasteiger partial charge < -0.3 is 16.8 Å². The first-order chi connectivity index (χ1) is 11.5. The molecule has 0 aliphatic heterocycles. The highest BCUT2D eigenvalue weighted by atomic mass is 32.1. The number of rotatable bonds is 4. The number of fused-ring (bicyclic) bond motifs is 1. The van der Waals surface area contributed by atoms with Crippen LogP contribution in [0, 0.1) is 6.92 Å². The summed E-state index contributed by atoms with van der Waals surface area (Å²) in [6.07, 6.45) is 0. The van der Waals surface area contributed by atoms with Gasteiger partial charge in [-0.3, -0.25) is 9.59 Å². The van der Waals surface area contributed by atoms with E-state index < -0.39 is 17.9 Å². The van der Waals surface area contributed by atoms with E-state index in [1.54, 1.807) is 11.4 Å². The average Bonchev–Trinajstić information content (AvgIpc) is 2.91. The molecular formula is C18H17N3O2S. The van der Waals surface area contributed by atoms with Gasteiger partial charge in [-0.15, -0.1) is 11.3 Å². The molecule has 1 unspecified atom stereocenters. The van der Waals surface area contributed by atoms with Gasteiger partial charge in [0.2, 0.25) is 5.91 Å². The quantitative estimate of drug-likeness (QED) is 0.681. The second kappa shape index (κ2) is 6.33. The molecule has 0 aliphatic carbocycles. The molecule has 5 N–H and O–H groups in total. The van der Waals surface area contributed by atoms with Crippen molar-refractivity contribution >= 4 is 39.6 Å². The number of hydrogen-bond acceptors (Lipinski definition) is 4. The van der Waals surface area contributed by atoms with Crippen molar-refractivity contribution < 1.29 is 9.59 Å². The van der Waals surface area contributed by atoms with Gasteiger partial charge in [-0.1, -0.05) is 36.4 Å². The number of aryl methyl sites for hydroxylation is 1. The fraction of sp³-hybridized carbons (Fsp3) is 0.111. The van der Waals surface area contributed by atoms with E-state index >= 15 is 0 Å². The minimum absolute atomic E-state index is 0.365. The van der Waals surface area contributed by atoms with Gasteiger partial charge in [-0.05, 0) is 29.3 Å². The molecule has 0 aliphatic rings. The number of hydrogen-bond donors (Lipinski definition) is 3. The molecule has 1 atom stereocenters. The molecule has 0 bridgehead atoms. The molecule has 5 nitrogen and oxygen atoms in total. The van der Waals surface area contributed by atoms with E-state index in [-0.39, 0.29) is 0 Å². The Morgan fingerprint density at radius 2 is 1.83 bits per heavy atom. The first kappa shape index (κ1) is 16.0. The summed E-state index contributed by atoms with van der Waals surface area (Å²) in [5.41, 5.74) is 12.8. The van der Waals surface area contributed by atoms with E-state index in [1.165, 1.54) is 11.3 Å². The highest BCUT2D eigenvalue weighted by Gasteiger charge is 2.23. The summed E-state index contributed by atoms with van der Waals surface area (Å²) >= 11 is 1.39. The third-order valence-corrected chi connectivity index (χ3v) is 4.86. The molecule has 0 spiro atoms. The predicted molar refractivity (Wildman–Crippen MR) is 96.8 cm³/mol. The molecule has 3 aromatic rings. The summed E-state index contributed by atoms with van der Waals surface area (Å²) in [4.78, 5) is 25.2. The summed E-state index contributed by atoms with van der Waals surface area (Å²) in [7, 11) is 0. The number of benzene rings is 2. The molecule has 0 fully saturated rings. The van der Waals surface area contributed by atoms with Crippen LogP contribution in [0.5, 0.6) is 0 Å². The highest BCUT2D eigenvalue weighted by Crippen LogP contribution is 2.25. The lowest BCUT2D eigenvalue weighted by Gasteiger charge is -2.16. The maximum absolute atomic E-state index is 12.4. The van der Waals surface area contributed by atoms with Gasteiger partial charge in [0.15, 0.2) is 0 Å². The summed E-state index contributed by atoms with van der Waals surface area (Å²) < 4.78 is 0. The number of carbonyl (C=O) groups is 2. The smallest absolute Gasteiger partial charge is 0.255 e. The van der Waals surface area contributed by atoms with Crippen molar-refractivity contribution in [3.05, 3.63) is 63.8 Å². The lowest BCUT2D eigenvalue weighted by Crippen LogP contribution is -2.37. The number of anilines is 1. The third-order valence-electron chi connectivity index (χ3n) is 3.93. The number of primary amides is 1. The zero-order valence-electron chi connectivity index (χ0n) is 13.1. The lowest BCUT2D eigenvalue weighted by atomic mass is 10.0. The molecule has 1 heterocycles. The summed E-state index contributed by atoms with van der Waals surface area (Å²) in [5, 5.41) is 6.38. The Kier molecular flexibility index (Phi) is 4.22. The van der Waals surface area contributed by atoms with Crippen molar-refractivity contribution in [1.29, 1.82) is 0 Å². The number of nitrogens with one attached hydrogen (secondary N) is 1. The van der Waals surface area contributed by atoms with Crippen LogP contribution < -0.4 is 16.8 Å². The Hall–Kier alpha value is -2.86. The normalized spacial score (nSPS) is 12.0.